The maximum absolute atomic E-state index is 9.36. The highest BCUT2D eigenvalue weighted by atomic mass is 14.9. The van der Waals surface area contributed by atoms with Gasteiger partial charge in [0.1, 0.15) is 11.2 Å². The van der Waals surface area contributed by atoms with Crippen molar-refractivity contribution in [3.05, 3.63) is 35.9 Å². The second kappa shape index (κ2) is 3.95. The van der Waals surface area contributed by atoms with Crippen LogP contribution in [0.25, 0.3) is 11.4 Å². The molecule has 1 N–H and O–H groups in total. The topological polar surface area (TPSA) is 65.4 Å². The first-order valence-corrected chi connectivity index (χ1v) is 6.15. The summed E-state index contributed by atoms with van der Waals surface area (Å²) in [5.41, 5.74) is 2.29. The molecule has 18 heavy (non-hydrogen) atoms. The summed E-state index contributed by atoms with van der Waals surface area (Å²) in [7, 11) is 0. The minimum atomic E-state index is -0.451. The Morgan fingerprint density at radius 1 is 1.39 bits per heavy atom. The van der Waals surface area contributed by atoms with Crippen LogP contribution in [0.3, 0.4) is 0 Å². The van der Waals surface area contributed by atoms with E-state index in [0.29, 0.717) is 5.82 Å². The summed E-state index contributed by atoms with van der Waals surface area (Å²) in [5, 5.41) is 9.36. The summed E-state index contributed by atoms with van der Waals surface area (Å²) in [6.45, 7) is 1.95. The summed E-state index contributed by atoms with van der Waals surface area (Å²) >= 11 is 0. The average molecular weight is 238 g/mol. The standard InChI is InChI=1S/C14H14N4/c1-10-8-12(11-4-2-7-16-11)18-13(17-10)14(9-15)5-3-6-14/h2,4,7-8,16H,3,5-6H2,1H3. The number of nitrogens with one attached hydrogen (secondary N) is 1. The molecule has 0 aliphatic heterocycles. The van der Waals surface area contributed by atoms with E-state index in [0.717, 1.165) is 36.3 Å². The Morgan fingerprint density at radius 2 is 2.22 bits per heavy atom. The molecule has 0 bridgehead atoms. The first kappa shape index (κ1) is 11.0. The van der Waals surface area contributed by atoms with E-state index < -0.39 is 5.41 Å². The first-order chi connectivity index (χ1) is 8.73. The zero-order valence-electron chi connectivity index (χ0n) is 10.3. The highest BCUT2D eigenvalue weighted by molar-refractivity contribution is 5.55. The van der Waals surface area contributed by atoms with E-state index in [9.17, 15) is 5.26 Å². The lowest BCUT2D eigenvalue weighted by molar-refractivity contribution is 0.307. The van der Waals surface area contributed by atoms with Crippen molar-refractivity contribution < 1.29 is 0 Å². The lowest BCUT2D eigenvalue weighted by Gasteiger charge is -2.33. The zero-order chi connectivity index (χ0) is 12.6. The van der Waals surface area contributed by atoms with Gasteiger partial charge >= 0.3 is 0 Å². The lowest BCUT2D eigenvalue weighted by atomic mass is 9.69. The van der Waals surface area contributed by atoms with E-state index in [2.05, 4.69) is 21.0 Å². The van der Waals surface area contributed by atoms with Gasteiger partial charge in [0.05, 0.1) is 17.5 Å². The number of rotatable bonds is 2. The van der Waals surface area contributed by atoms with Gasteiger partial charge in [-0.25, -0.2) is 9.97 Å². The largest absolute Gasteiger partial charge is 0.360 e. The van der Waals surface area contributed by atoms with Gasteiger partial charge in [0.15, 0.2) is 0 Å². The molecular formula is C14H14N4. The van der Waals surface area contributed by atoms with Gasteiger partial charge in [-0.2, -0.15) is 5.26 Å². The third-order valence-corrected chi connectivity index (χ3v) is 3.58. The van der Waals surface area contributed by atoms with E-state index in [1.807, 2.05) is 31.3 Å². The number of aryl methyl sites for hydroxylation is 1. The smallest absolute Gasteiger partial charge is 0.149 e. The van der Waals surface area contributed by atoms with Crippen molar-refractivity contribution in [2.75, 3.05) is 0 Å². The summed E-state index contributed by atoms with van der Waals surface area (Å²) in [6.07, 6.45) is 4.70. The van der Waals surface area contributed by atoms with Crippen LogP contribution in [0.4, 0.5) is 0 Å². The van der Waals surface area contributed by atoms with Crippen molar-refractivity contribution in [2.45, 2.75) is 31.6 Å². The molecule has 2 aromatic rings. The summed E-state index contributed by atoms with van der Waals surface area (Å²) in [6, 6.07) is 8.26. The molecule has 0 amide bonds. The molecule has 4 heteroatoms. The normalized spacial score (nSPS) is 16.9. The van der Waals surface area contributed by atoms with E-state index in [1.165, 1.54) is 0 Å². The molecule has 0 saturated heterocycles. The number of nitriles is 1. The Hall–Kier alpha value is -2.15. The maximum Gasteiger partial charge on any atom is 0.149 e. The van der Waals surface area contributed by atoms with E-state index in [4.69, 9.17) is 0 Å². The number of H-pyrrole nitrogens is 1. The molecule has 2 aromatic heterocycles. The van der Waals surface area contributed by atoms with Crippen LogP contribution < -0.4 is 0 Å². The fourth-order valence-electron chi connectivity index (χ4n) is 2.33. The van der Waals surface area contributed by atoms with Gasteiger partial charge in [0.25, 0.3) is 0 Å². The molecule has 1 fully saturated rings. The number of aromatic amines is 1. The summed E-state index contributed by atoms with van der Waals surface area (Å²) < 4.78 is 0. The second-order valence-corrected chi connectivity index (χ2v) is 4.85. The van der Waals surface area contributed by atoms with Gasteiger partial charge in [0, 0.05) is 11.9 Å². The molecule has 3 rings (SSSR count). The number of aromatic nitrogens is 3. The lowest BCUT2D eigenvalue weighted by Crippen LogP contribution is -2.34. The molecule has 1 aliphatic carbocycles. The fourth-order valence-corrected chi connectivity index (χ4v) is 2.33. The number of nitrogens with zero attached hydrogens (tertiary/aromatic N) is 3. The average Bonchev–Trinajstić information content (AvgIpc) is 2.81. The highest BCUT2D eigenvalue weighted by Gasteiger charge is 2.42. The molecule has 0 radical (unpaired) electrons. The van der Waals surface area contributed by atoms with Crippen molar-refractivity contribution in [3.8, 4) is 17.5 Å². The van der Waals surface area contributed by atoms with E-state index in [-0.39, 0.29) is 0 Å². The highest BCUT2D eigenvalue weighted by Crippen LogP contribution is 2.41. The first-order valence-electron chi connectivity index (χ1n) is 6.15. The van der Waals surface area contributed by atoms with Gasteiger partial charge in [-0.3, -0.25) is 0 Å². The quantitative estimate of drug-likeness (QED) is 0.874. The SMILES string of the molecule is Cc1cc(-c2ccc[nH]2)nc(C2(C#N)CCC2)n1. The monoisotopic (exact) mass is 238 g/mol. The Morgan fingerprint density at radius 3 is 2.78 bits per heavy atom. The number of hydrogen-bond acceptors (Lipinski definition) is 3. The van der Waals surface area contributed by atoms with Gasteiger partial charge < -0.3 is 4.98 Å². The van der Waals surface area contributed by atoms with Crippen molar-refractivity contribution in [1.82, 2.24) is 15.0 Å². The van der Waals surface area contributed by atoms with Gasteiger partial charge in [-0.05, 0) is 44.4 Å². The summed E-state index contributed by atoms with van der Waals surface area (Å²) in [4.78, 5) is 12.2. The van der Waals surface area contributed by atoms with Crippen molar-refractivity contribution in [3.63, 3.8) is 0 Å². The van der Waals surface area contributed by atoms with Crippen LogP contribution in [0.2, 0.25) is 0 Å². The van der Waals surface area contributed by atoms with Gasteiger partial charge in [-0.1, -0.05) is 0 Å². The molecular weight excluding hydrogens is 224 g/mol. The van der Waals surface area contributed by atoms with Crippen molar-refractivity contribution in [1.29, 1.82) is 5.26 Å². The third kappa shape index (κ3) is 1.60. The molecule has 1 aliphatic rings. The van der Waals surface area contributed by atoms with Crippen LogP contribution in [0.5, 0.6) is 0 Å². The molecule has 90 valence electrons. The van der Waals surface area contributed by atoms with Crippen LogP contribution in [-0.4, -0.2) is 15.0 Å². The molecule has 1 saturated carbocycles. The van der Waals surface area contributed by atoms with E-state index in [1.54, 1.807) is 0 Å². The molecule has 0 aromatic carbocycles. The van der Waals surface area contributed by atoms with Crippen molar-refractivity contribution in [2.24, 2.45) is 0 Å². The zero-order valence-corrected chi connectivity index (χ0v) is 10.3. The molecule has 0 atom stereocenters. The molecule has 0 unspecified atom stereocenters. The van der Waals surface area contributed by atoms with Crippen LogP contribution >= 0.6 is 0 Å². The Labute approximate surface area is 106 Å². The third-order valence-electron chi connectivity index (χ3n) is 3.58. The fraction of sp³-hybridized carbons (Fsp3) is 0.357. The van der Waals surface area contributed by atoms with Crippen molar-refractivity contribution >= 4 is 0 Å². The molecule has 4 nitrogen and oxygen atoms in total. The Kier molecular flexibility index (Phi) is 2.41. The second-order valence-electron chi connectivity index (χ2n) is 4.85. The maximum atomic E-state index is 9.36. The van der Waals surface area contributed by atoms with Crippen LogP contribution in [0, 0.1) is 18.3 Å². The van der Waals surface area contributed by atoms with E-state index >= 15 is 0 Å². The minimum absolute atomic E-state index is 0.451. The predicted molar refractivity (Wildman–Crippen MR) is 67.7 cm³/mol. The Bertz CT molecular complexity index is 603. The van der Waals surface area contributed by atoms with Crippen LogP contribution in [0.1, 0.15) is 30.8 Å². The van der Waals surface area contributed by atoms with Crippen LogP contribution in [-0.2, 0) is 5.41 Å². The predicted octanol–water partition coefficient (Wildman–Crippen LogP) is 2.73. The van der Waals surface area contributed by atoms with Gasteiger partial charge in [-0.15, -0.1) is 0 Å². The summed E-state index contributed by atoms with van der Waals surface area (Å²) in [5.74, 6) is 0.681. The van der Waals surface area contributed by atoms with Crippen LogP contribution in [0.15, 0.2) is 24.4 Å². The molecule has 2 heterocycles. The Balaban J connectivity index is 2.10. The number of hydrogen-bond donors (Lipinski definition) is 1. The molecule has 0 spiro atoms. The van der Waals surface area contributed by atoms with Gasteiger partial charge in [0.2, 0.25) is 0 Å². The minimum Gasteiger partial charge on any atom is -0.360 e.